The van der Waals surface area contributed by atoms with Gasteiger partial charge in [-0.15, -0.1) is 0 Å². The van der Waals surface area contributed by atoms with Crippen LogP contribution in [0.5, 0.6) is 0 Å². The van der Waals surface area contributed by atoms with Crippen LogP contribution in [0, 0.1) is 0 Å². The molecule has 1 aromatic carbocycles. The van der Waals surface area contributed by atoms with E-state index in [0.29, 0.717) is 0 Å². The number of hydrogen-bond donors (Lipinski definition) is 1. The maximum atomic E-state index is 4.36. The number of nitrogens with one attached hydrogen (secondary N) is 1. The number of aromatic nitrogens is 1. The second kappa shape index (κ2) is 3.63. The van der Waals surface area contributed by atoms with Crippen molar-refractivity contribution in [2.24, 2.45) is 0 Å². The van der Waals surface area contributed by atoms with Crippen LogP contribution in [0.4, 0.5) is 0 Å². The predicted octanol–water partition coefficient (Wildman–Crippen LogP) is 2.69. The molecule has 1 aromatic heterocycles. The predicted molar refractivity (Wildman–Crippen MR) is 63.8 cm³/mol. The van der Waals surface area contributed by atoms with Crippen molar-refractivity contribution in [3.63, 3.8) is 0 Å². The van der Waals surface area contributed by atoms with Gasteiger partial charge in [0.15, 0.2) is 0 Å². The van der Waals surface area contributed by atoms with Crippen molar-refractivity contribution in [1.29, 1.82) is 0 Å². The van der Waals surface area contributed by atoms with E-state index in [1.807, 2.05) is 19.3 Å². The van der Waals surface area contributed by atoms with Crippen LogP contribution in [-0.4, -0.2) is 12.0 Å². The Kier molecular flexibility index (Phi) is 2.45. The standard InChI is InChI=1S/C13H16N2/c1-13(2,14-3)11-7-6-10-5-4-8-15-12(10)9-11/h4-9,14H,1-3H3. The first kappa shape index (κ1) is 10.1. The molecule has 0 atom stereocenters. The Balaban J connectivity index is 2.56. The zero-order valence-electron chi connectivity index (χ0n) is 9.41. The van der Waals surface area contributed by atoms with E-state index in [9.17, 15) is 0 Å². The first-order valence-corrected chi connectivity index (χ1v) is 5.18. The Morgan fingerprint density at radius 3 is 2.73 bits per heavy atom. The fourth-order valence-electron chi connectivity index (χ4n) is 1.60. The van der Waals surface area contributed by atoms with Crippen LogP contribution in [-0.2, 0) is 5.54 Å². The molecule has 2 aromatic rings. The minimum Gasteiger partial charge on any atom is -0.311 e. The molecule has 2 heteroatoms. The molecule has 0 aliphatic carbocycles. The van der Waals surface area contributed by atoms with E-state index in [2.05, 4.69) is 48.4 Å². The number of rotatable bonds is 2. The Hall–Kier alpha value is -1.41. The van der Waals surface area contributed by atoms with Crippen LogP contribution in [0.1, 0.15) is 19.4 Å². The van der Waals surface area contributed by atoms with Crippen LogP contribution in [0.2, 0.25) is 0 Å². The van der Waals surface area contributed by atoms with Gasteiger partial charge in [0.25, 0.3) is 0 Å². The molecular weight excluding hydrogens is 184 g/mol. The van der Waals surface area contributed by atoms with Gasteiger partial charge >= 0.3 is 0 Å². The van der Waals surface area contributed by atoms with E-state index in [-0.39, 0.29) is 5.54 Å². The molecule has 0 bridgehead atoms. The summed E-state index contributed by atoms with van der Waals surface area (Å²) >= 11 is 0. The average molecular weight is 200 g/mol. The summed E-state index contributed by atoms with van der Waals surface area (Å²) in [5.74, 6) is 0. The van der Waals surface area contributed by atoms with Crippen LogP contribution < -0.4 is 5.32 Å². The third-order valence-electron chi connectivity index (χ3n) is 2.95. The summed E-state index contributed by atoms with van der Waals surface area (Å²) in [6, 6.07) is 10.5. The number of pyridine rings is 1. The largest absolute Gasteiger partial charge is 0.311 e. The molecule has 15 heavy (non-hydrogen) atoms. The number of hydrogen-bond acceptors (Lipinski definition) is 2. The van der Waals surface area contributed by atoms with Crippen molar-refractivity contribution in [3.05, 3.63) is 42.1 Å². The van der Waals surface area contributed by atoms with Crippen LogP contribution in [0.25, 0.3) is 10.9 Å². The fraction of sp³-hybridized carbons (Fsp3) is 0.308. The summed E-state index contributed by atoms with van der Waals surface area (Å²) in [6.07, 6.45) is 1.83. The summed E-state index contributed by atoms with van der Waals surface area (Å²) < 4.78 is 0. The fourth-order valence-corrected chi connectivity index (χ4v) is 1.60. The van der Waals surface area contributed by atoms with Crippen molar-refractivity contribution in [1.82, 2.24) is 10.3 Å². The molecule has 2 nitrogen and oxygen atoms in total. The van der Waals surface area contributed by atoms with Gasteiger partial charge in [-0.1, -0.05) is 18.2 Å². The van der Waals surface area contributed by atoms with Gasteiger partial charge in [-0.05, 0) is 38.6 Å². The molecular formula is C13H16N2. The van der Waals surface area contributed by atoms with Gasteiger partial charge in [0.1, 0.15) is 0 Å². The van der Waals surface area contributed by atoms with E-state index in [1.165, 1.54) is 10.9 Å². The zero-order valence-corrected chi connectivity index (χ0v) is 9.41. The SMILES string of the molecule is CNC(C)(C)c1ccc2cccnc2c1. The molecule has 0 aliphatic rings. The highest BCUT2D eigenvalue weighted by Crippen LogP contribution is 2.22. The molecule has 78 valence electrons. The molecule has 1 heterocycles. The Labute approximate surface area is 90.3 Å². The van der Waals surface area contributed by atoms with Crippen LogP contribution >= 0.6 is 0 Å². The molecule has 0 unspecified atom stereocenters. The zero-order chi connectivity index (χ0) is 10.9. The summed E-state index contributed by atoms with van der Waals surface area (Å²) in [5.41, 5.74) is 2.31. The first-order valence-electron chi connectivity index (χ1n) is 5.18. The molecule has 0 spiro atoms. The molecule has 1 N–H and O–H groups in total. The van der Waals surface area contributed by atoms with Crippen molar-refractivity contribution >= 4 is 10.9 Å². The Morgan fingerprint density at radius 1 is 1.20 bits per heavy atom. The minimum atomic E-state index is -0.00822. The maximum Gasteiger partial charge on any atom is 0.0705 e. The van der Waals surface area contributed by atoms with Crippen LogP contribution in [0.15, 0.2) is 36.5 Å². The molecule has 0 radical (unpaired) electrons. The van der Waals surface area contributed by atoms with Crippen molar-refractivity contribution in [2.45, 2.75) is 19.4 Å². The smallest absolute Gasteiger partial charge is 0.0705 e. The normalized spacial score (nSPS) is 11.9. The number of benzene rings is 1. The molecule has 0 saturated heterocycles. The highest BCUT2D eigenvalue weighted by molar-refractivity contribution is 5.79. The molecule has 0 amide bonds. The van der Waals surface area contributed by atoms with E-state index in [1.54, 1.807) is 0 Å². The van der Waals surface area contributed by atoms with Gasteiger partial charge in [-0.25, -0.2) is 0 Å². The van der Waals surface area contributed by atoms with Crippen molar-refractivity contribution < 1.29 is 0 Å². The molecule has 0 fully saturated rings. The van der Waals surface area contributed by atoms with E-state index >= 15 is 0 Å². The topological polar surface area (TPSA) is 24.9 Å². The lowest BCUT2D eigenvalue weighted by atomic mass is 9.93. The number of fused-ring (bicyclic) bond motifs is 1. The highest BCUT2D eigenvalue weighted by Gasteiger charge is 2.17. The van der Waals surface area contributed by atoms with E-state index in [4.69, 9.17) is 0 Å². The minimum absolute atomic E-state index is 0.00822. The van der Waals surface area contributed by atoms with Crippen LogP contribution in [0.3, 0.4) is 0 Å². The molecule has 0 aliphatic heterocycles. The van der Waals surface area contributed by atoms with Gasteiger partial charge in [-0.3, -0.25) is 4.98 Å². The lowest BCUT2D eigenvalue weighted by Gasteiger charge is -2.24. The van der Waals surface area contributed by atoms with Gasteiger partial charge in [0, 0.05) is 17.1 Å². The summed E-state index contributed by atoms with van der Waals surface area (Å²) in [6.45, 7) is 4.33. The monoisotopic (exact) mass is 200 g/mol. The summed E-state index contributed by atoms with van der Waals surface area (Å²) in [5, 5.41) is 4.48. The van der Waals surface area contributed by atoms with E-state index in [0.717, 1.165) is 5.52 Å². The molecule has 0 saturated carbocycles. The van der Waals surface area contributed by atoms with Gasteiger partial charge in [0.05, 0.1) is 5.52 Å². The third-order valence-corrected chi connectivity index (χ3v) is 2.95. The van der Waals surface area contributed by atoms with Crippen molar-refractivity contribution in [2.75, 3.05) is 7.05 Å². The number of nitrogens with zero attached hydrogens (tertiary/aromatic N) is 1. The second-order valence-corrected chi connectivity index (χ2v) is 4.29. The van der Waals surface area contributed by atoms with Crippen molar-refractivity contribution in [3.8, 4) is 0 Å². The summed E-state index contributed by atoms with van der Waals surface area (Å²) in [4.78, 5) is 4.36. The van der Waals surface area contributed by atoms with Gasteiger partial charge in [-0.2, -0.15) is 0 Å². The lowest BCUT2D eigenvalue weighted by Crippen LogP contribution is -2.32. The maximum absolute atomic E-state index is 4.36. The first-order chi connectivity index (χ1) is 7.13. The van der Waals surface area contributed by atoms with E-state index < -0.39 is 0 Å². The lowest BCUT2D eigenvalue weighted by molar-refractivity contribution is 0.445. The highest BCUT2D eigenvalue weighted by atomic mass is 14.9. The summed E-state index contributed by atoms with van der Waals surface area (Å²) in [7, 11) is 1.97. The second-order valence-electron chi connectivity index (χ2n) is 4.29. The Morgan fingerprint density at radius 2 is 2.00 bits per heavy atom. The third kappa shape index (κ3) is 1.85. The quantitative estimate of drug-likeness (QED) is 0.806. The Bertz CT molecular complexity index is 475. The van der Waals surface area contributed by atoms with Gasteiger partial charge in [0.2, 0.25) is 0 Å². The van der Waals surface area contributed by atoms with Gasteiger partial charge < -0.3 is 5.32 Å². The molecule has 2 rings (SSSR count). The average Bonchev–Trinajstić information content (AvgIpc) is 2.28.